The standard InChI is InChI=1S/C15H28N2O3/c1-5-15(14(19)20)6-8-17(9-7-15)12(4)13(18)16-10-11(2)3/h11-12H,5-10H2,1-4H3,(H,16,18)(H,19,20). The monoisotopic (exact) mass is 284 g/mol. The number of nitrogens with zero attached hydrogens (tertiary/aromatic N) is 1. The summed E-state index contributed by atoms with van der Waals surface area (Å²) in [6, 6.07) is -0.183. The van der Waals surface area contributed by atoms with Crippen LogP contribution in [0.4, 0.5) is 0 Å². The van der Waals surface area contributed by atoms with Crippen molar-refractivity contribution < 1.29 is 14.7 Å². The van der Waals surface area contributed by atoms with Gasteiger partial charge in [0.2, 0.25) is 5.91 Å². The van der Waals surface area contributed by atoms with E-state index in [1.807, 2.05) is 13.8 Å². The van der Waals surface area contributed by atoms with Gasteiger partial charge in [-0.2, -0.15) is 0 Å². The normalized spacial score (nSPS) is 20.6. The minimum Gasteiger partial charge on any atom is -0.481 e. The van der Waals surface area contributed by atoms with E-state index in [1.54, 1.807) is 0 Å². The van der Waals surface area contributed by atoms with E-state index in [2.05, 4.69) is 24.1 Å². The molecule has 5 heteroatoms. The van der Waals surface area contributed by atoms with Crippen LogP contribution >= 0.6 is 0 Å². The highest BCUT2D eigenvalue weighted by Gasteiger charge is 2.41. The molecule has 1 fully saturated rings. The Hall–Kier alpha value is -1.10. The SMILES string of the molecule is CCC1(C(=O)O)CCN(C(C)C(=O)NCC(C)C)CC1. The molecule has 0 saturated carbocycles. The molecule has 20 heavy (non-hydrogen) atoms. The number of carbonyl (C=O) groups excluding carboxylic acids is 1. The smallest absolute Gasteiger partial charge is 0.309 e. The van der Waals surface area contributed by atoms with Gasteiger partial charge in [0.15, 0.2) is 0 Å². The van der Waals surface area contributed by atoms with Gasteiger partial charge >= 0.3 is 5.97 Å². The lowest BCUT2D eigenvalue weighted by Crippen LogP contribution is -2.52. The summed E-state index contributed by atoms with van der Waals surface area (Å²) in [5.41, 5.74) is -0.593. The lowest BCUT2D eigenvalue weighted by molar-refractivity contribution is -0.152. The van der Waals surface area contributed by atoms with E-state index in [0.717, 1.165) is 0 Å². The van der Waals surface area contributed by atoms with Crippen molar-refractivity contribution in [3.05, 3.63) is 0 Å². The first kappa shape index (κ1) is 17.0. The molecule has 1 aliphatic rings. The van der Waals surface area contributed by atoms with Crippen molar-refractivity contribution in [1.82, 2.24) is 10.2 Å². The third-order valence-electron chi connectivity index (χ3n) is 4.50. The van der Waals surface area contributed by atoms with Gasteiger partial charge in [-0.25, -0.2) is 0 Å². The Morgan fingerprint density at radius 1 is 1.25 bits per heavy atom. The molecule has 1 rings (SSSR count). The number of aliphatic carboxylic acids is 1. The number of amides is 1. The van der Waals surface area contributed by atoms with E-state index in [1.165, 1.54) is 0 Å². The van der Waals surface area contributed by atoms with Crippen molar-refractivity contribution in [3.8, 4) is 0 Å². The van der Waals surface area contributed by atoms with Gasteiger partial charge < -0.3 is 10.4 Å². The second-order valence-corrected chi connectivity index (χ2v) is 6.29. The Labute approximate surface area is 121 Å². The van der Waals surface area contributed by atoms with E-state index in [-0.39, 0.29) is 11.9 Å². The van der Waals surface area contributed by atoms with Gasteiger partial charge in [-0.1, -0.05) is 20.8 Å². The molecule has 0 spiro atoms. The zero-order valence-corrected chi connectivity index (χ0v) is 13.1. The molecule has 1 atom stereocenters. The molecule has 116 valence electrons. The molecule has 2 N–H and O–H groups in total. The second-order valence-electron chi connectivity index (χ2n) is 6.29. The molecule has 1 heterocycles. The molecular weight excluding hydrogens is 256 g/mol. The molecule has 1 amide bonds. The van der Waals surface area contributed by atoms with Crippen LogP contribution in [0.15, 0.2) is 0 Å². The maximum atomic E-state index is 12.0. The number of nitrogens with one attached hydrogen (secondary N) is 1. The summed E-state index contributed by atoms with van der Waals surface area (Å²) >= 11 is 0. The fourth-order valence-corrected chi connectivity index (χ4v) is 2.68. The van der Waals surface area contributed by atoms with Crippen LogP contribution in [0.5, 0.6) is 0 Å². The first-order valence-corrected chi connectivity index (χ1v) is 7.57. The van der Waals surface area contributed by atoms with Gasteiger partial charge in [-0.3, -0.25) is 14.5 Å². The summed E-state index contributed by atoms with van der Waals surface area (Å²) in [5.74, 6) is -0.221. The average Bonchev–Trinajstić information content (AvgIpc) is 2.43. The van der Waals surface area contributed by atoms with E-state index in [9.17, 15) is 14.7 Å². The molecule has 0 aliphatic carbocycles. The fraction of sp³-hybridized carbons (Fsp3) is 0.867. The first-order valence-electron chi connectivity index (χ1n) is 7.57. The van der Waals surface area contributed by atoms with Crippen molar-refractivity contribution in [1.29, 1.82) is 0 Å². The predicted octanol–water partition coefficient (Wildman–Crippen LogP) is 1.72. The number of hydrogen-bond donors (Lipinski definition) is 2. The van der Waals surface area contributed by atoms with E-state index in [0.29, 0.717) is 44.8 Å². The number of carboxylic acids is 1. The van der Waals surface area contributed by atoms with Crippen LogP contribution in [0.2, 0.25) is 0 Å². The molecule has 1 unspecified atom stereocenters. The van der Waals surface area contributed by atoms with Crippen molar-refractivity contribution >= 4 is 11.9 Å². The molecule has 0 radical (unpaired) electrons. The Morgan fingerprint density at radius 3 is 2.20 bits per heavy atom. The summed E-state index contributed by atoms with van der Waals surface area (Å²) < 4.78 is 0. The van der Waals surface area contributed by atoms with Crippen LogP contribution in [0, 0.1) is 11.3 Å². The molecule has 0 bridgehead atoms. The summed E-state index contributed by atoms with van der Waals surface area (Å²) in [5, 5.41) is 12.3. The van der Waals surface area contributed by atoms with Crippen LogP contribution in [-0.4, -0.2) is 47.6 Å². The van der Waals surface area contributed by atoms with Crippen LogP contribution < -0.4 is 5.32 Å². The lowest BCUT2D eigenvalue weighted by Gasteiger charge is -2.40. The third kappa shape index (κ3) is 3.95. The number of hydrogen-bond acceptors (Lipinski definition) is 3. The topological polar surface area (TPSA) is 69.6 Å². The highest BCUT2D eigenvalue weighted by molar-refractivity contribution is 5.81. The van der Waals surface area contributed by atoms with Crippen molar-refractivity contribution in [3.63, 3.8) is 0 Å². The average molecular weight is 284 g/mol. The maximum Gasteiger partial charge on any atom is 0.309 e. The Morgan fingerprint density at radius 2 is 1.80 bits per heavy atom. The molecule has 1 aliphatic heterocycles. The second kappa shape index (κ2) is 7.07. The van der Waals surface area contributed by atoms with E-state index < -0.39 is 11.4 Å². The minimum absolute atomic E-state index is 0.0398. The Kier molecular flexibility index (Phi) is 5.99. The van der Waals surface area contributed by atoms with Crippen molar-refractivity contribution in [2.24, 2.45) is 11.3 Å². The van der Waals surface area contributed by atoms with Crippen LogP contribution in [0.3, 0.4) is 0 Å². The van der Waals surface area contributed by atoms with Crippen LogP contribution in [0.1, 0.15) is 47.0 Å². The highest BCUT2D eigenvalue weighted by Crippen LogP contribution is 2.35. The lowest BCUT2D eigenvalue weighted by atomic mass is 9.76. The number of piperidine rings is 1. The summed E-state index contributed by atoms with van der Waals surface area (Å²) in [6.07, 6.45) is 1.91. The molecule has 1 saturated heterocycles. The van der Waals surface area contributed by atoms with Crippen LogP contribution in [0.25, 0.3) is 0 Å². The summed E-state index contributed by atoms with van der Waals surface area (Å²) in [4.78, 5) is 25.5. The molecule has 0 aromatic rings. The summed E-state index contributed by atoms with van der Waals surface area (Å²) in [6.45, 7) is 10.00. The van der Waals surface area contributed by atoms with Gasteiger partial charge in [0, 0.05) is 19.6 Å². The van der Waals surface area contributed by atoms with Gasteiger partial charge in [0.05, 0.1) is 11.5 Å². The number of carbonyl (C=O) groups is 2. The van der Waals surface area contributed by atoms with Crippen molar-refractivity contribution in [2.75, 3.05) is 19.6 Å². The zero-order valence-electron chi connectivity index (χ0n) is 13.1. The molecule has 0 aromatic heterocycles. The zero-order chi connectivity index (χ0) is 15.3. The summed E-state index contributed by atoms with van der Waals surface area (Å²) in [7, 11) is 0. The van der Waals surface area contributed by atoms with Crippen molar-refractivity contribution in [2.45, 2.75) is 53.0 Å². The number of carboxylic acid groups (broad SMARTS) is 1. The Bertz CT molecular complexity index is 347. The van der Waals surface area contributed by atoms with Gasteiger partial charge in [0.1, 0.15) is 0 Å². The minimum atomic E-state index is -0.698. The van der Waals surface area contributed by atoms with E-state index in [4.69, 9.17) is 0 Å². The molecule has 5 nitrogen and oxygen atoms in total. The van der Waals surface area contributed by atoms with E-state index >= 15 is 0 Å². The van der Waals surface area contributed by atoms with Gasteiger partial charge in [-0.15, -0.1) is 0 Å². The predicted molar refractivity (Wildman–Crippen MR) is 78.5 cm³/mol. The quantitative estimate of drug-likeness (QED) is 0.779. The maximum absolute atomic E-state index is 12.0. The molecule has 0 aromatic carbocycles. The van der Waals surface area contributed by atoms with Crippen LogP contribution in [-0.2, 0) is 9.59 Å². The molecular formula is C15H28N2O3. The highest BCUT2D eigenvalue weighted by atomic mass is 16.4. The van der Waals surface area contributed by atoms with Gasteiger partial charge in [0.25, 0.3) is 0 Å². The Balaban J connectivity index is 2.52. The van der Waals surface area contributed by atoms with Gasteiger partial charge in [-0.05, 0) is 32.1 Å². The first-order chi connectivity index (χ1) is 9.32. The number of rotatable bonds is 6. The largest absolute Gasteiger partial charge is 0.481 e. The number of likely N-dealkylation sites (tertiary alicyclic amines) is 1. The fourth-order valence-electron chi connectivity index (χ4n) is 2.68. The third-order valence-corrected chi connectivity index (χ3v) is 4.50.